The average molecular weight is 262 g/mol. The standard InChI is InChI=1S/C10H13F3N4O/c1-2-3-15-7-4-6(10(11,12)13)5-16-8(7)9(18)17-14/h4-5,15H,2-3,14H2,1H3,(H,17,18). The zero-order chi connectivity index (χ0) is 13.8. The van der Waals surface area contributed by atoms with Gasteiger partial charge in [0.2, 0.25) is 0 Å². The molecule has 0 aliphatic carbocycles. The number of halogens is 3. The maximum absolute atomic E-state index is 12.5. The van der Waals surface area contributed by atoms with Crippen LogP contribution < -0.4 is 16.6 Å². The molecule has 1 rings (SSSR count). The Bertz CT molecular complexity index is 434. The van der Waals surface area contributed by atoms with Gasteiger partial charge >= 0.3 is 6.18 Å². The van der Waals surface area contributed by atoms with Gasteiger partial charge in [0.15, 0.2) is 5.69 Å². The summed E-state index contributed by atoms with van der Waals surface area (Å²) in [7, 11) is 0. The molecule has 0 aliphatic heterocycles. The third-order valence-electron chi connectivity index (χ3n) is 2.13. The van der Waals surface area contributed by atoms with Crippen molar-refractivity contribution in [3.8, 4) is 0 Å². The second-order valence-electron chi connectivity index (χ2n) is 3.52. The lowest BCUT2D eigenvalue weighted by atomic mass is 10.2. The van der Waals surface area contributed by atoms with Crippen LogP contribution in [0.1, 0.15) is 29.4 Å². The first-order valence-corrected chi connectivity index (χ1v) is 5.22. The van der Waals surface area contributed by atoms with Crippen LogP contribution in [-0.4, -0.2) is 17.4 Å². The maximum Gasteiger partial charge on any atom is 0.417 e. The Labute approximate surface area is 102 Å². The molecule has 0 aliphatic rings. The zero-order valence-electron chi connectivity index (χ0n) is 9.64. The van der Waals surface area contributed by atoms with E-state index in [2.05, 4.69) is 10.3 Å². The first-order chi connectivity index (χ1) is 8.40. The zero-order valence-corrected chi connectivity index (χ0v) is 9.64. The van der Waals surface area contributed by atoms with Crippen LogP contribution in [0.15, 0.2) is 12.3 Å². The normalized spacial score (nSPS) is 11.2. The Morgan fingerprint density at radius 2 is 2.17 bits per heavy atom. The minimum atomic E-state index is -4.51. The summed E-state index contributed by atoms with van der Waals surface area (Å²) in [6, 6.07) is 0.841. The summed E-state index contributed by atoms with van der Waals surface area (Å²) in [6.45, 7) is 2.27. The van der Waals surface area contributed by atoms with E-state index in [1.165, 1.54) is 0 Å². The van der Waals surface area contributed by atoms with Crippen molar-refractivity contribution in [2.24, 2.45) is 5.84 Å². The number of pyridine rings is 1. The van der Waals surface area contributed by atoms with Crippen molar-refractivity contribution in [1.29, 1.82) is 0 Å². The van der Waals surface area contributed by atoms with E-state index in [4.69, 9.17) is 5.84 Å². The Balaban J connectivity index is 3.16. The summed E-state index contributed by atoms with van der Waals surface area (Å²) in [6.07, 6.45) is -3.21. The van der Waals surface area contributed by atoms with Gasteiger partial charge < -0.3 is 5.32 Å². The number of alkyl halides is 3. The largest absolute Gasteiger partial charge is 0.417 e. The Kier molecular flexibility index (Phi) is 4.49. The third kappa shape index (κ3) is 3.33. The lowest BCUT2D eigenvalue weighted by Gasteiger charge is -2.13. The molecule has 1 amide bonds. The number of rotatable bonds is 4. The van der Waals surface area contributed by atoms with Crippen molar-refractivity contribution in [2.45, 2.75) is 19.5 Å². The molecule has 4 N–H and O–H groups in total. The van der Waals surface area contributed by atoms with Crippen molar-refractivity contribution >= 4 is 11.6 Å². The minimum Gasteiger partial charge on any atom is -0.383 e. The van der Waals surface area contributed by atoms with E-state index >= 15 is 0 Å². The molecular weight excluding hydrogens is 249 g/mol. The van der Waals surface area contributed by atoms with Crippen LogP contribution in [0.3, 0.4) is 0 Å². The fourth-order valence-electron chi connectivity index (χ4n) is 1.26. The quantitative estimate of drug-likeness (QED) is 0.436. The maximum atomic E-state index is 12.5. The number of nitrogen functional groups attached to an aromatic ring is 1. The smallest absolute Gasteiger partial charge is 0.383 e. The number of aromatic nitrogens is 1. The first-order valence-electron chi connectivity index (χ1n) is 5.22. The van der Waals surface area contributed by atoms with Gasteiger partial charge in [0.05, 0.1) is 11.3 Å². The molecule has 0 unspecified atom stereocenters. The lowest BCUT2D eigenvalue weighted by Crippen LogP contribution is -2.31. The topological polar surface area (TPSA) is 80.0 Å². The summed E-state index contributed by atoms with van der Waals surface area (Å²) < 4.78 is 37.5. The number of carbonyl (C=O) groups is 1. The molecular formula is C10H13F3N4O. The van der Waals surface area contributed by atoms with E-state index in [1.807, 2.05) is 12.3 Å². The van der Waals surface area contributed by atoms with E-state index in [0.717, 1.165) is 6.07 Å². The van der Waals surface area contributed by atoms with Gasteiger partial charge in [0.1, 0.15) is 0 Å². The van der Waals surface area contributed by atoms with Crippen molar-refractivity contribution in [1.82, 2.24) is 10.4 Å². The van der Waals surface area contributed by atoms with Crippen molar-refractivity contribution in [2.75, 3.05) is 11.9 Å². The molecule has 5 nitrogen and oxygen atoms in total. The summed E-state index contributed by atoms with van der Waals surface area (Å²) in [5.74, 6) is 4.19. The highest BCUT2D eigenvalue weighted by Crippen LogP contribution is 2.31. The molecule has 1 heterocycles. The van der Waals surface area contributed by atoms with Crippen molar-refractivity contribution < 1.29 is 18.0 Å². The van der Waals surface area contributed by atoms with Crippen LogP contribution in [0.25, 0.3) is 0 Å². The molecule has 1 aromatic heterocycles. The van der Waals surface area contributed by atoms with Gasteiger partial charge in [-0.25, -0.2) is 10.8 Å². The number of nitrogens with two attached hydrogens (primary N) is 1. The molecule has 0 fully saturated rings. The van der Waals surface area contributed by atoms with Gasteiger partial charge in [-0.1, -0.05) is 6.92 Å². The average Bonchev–Trinajstić information content (AvgIpc) is 2.34. The third-order valence-corrected chi connectivity index (χ3v) is 2.13. The predicted octanol–water partition coefficient (Wildman–Crippen LogP) is 1.53. The van der Waals surface area contributed by atoms with Crippen molar-refractivity contribution in [3.63, 3.8) is 0 Å². The van der Waals surface area contributed by atoms with Crippen LogP contribution >= 0.6 is 0 Å². The molecule has 8 heteroatoms. The molecule has 0 radical (unpaired) electrons. The Morgan fingerprint density at radius 1 is 1.50 bits per heavy atom. The Morgan fingerprint density at radius 3 is 2.67 bits per heavy atom. The predicted molar refractivity (Wildman–Crippen MR) is 59.7 cm³/mol. The van der Waals surface area contributed by atoms with Crippen LogP contribution in [0, 0.1) is 0 Å². The fraction of sp³-hybridized carbons (Fsp3) is 0.400. The van der Waals surface area contributed by atoms with E-state index < -0.39 is 17.6 Å². The number of nitrogens with one attached hydrogen (secondary N) is 2. The van der Waals surface area contributed by atoms with Crippen LogP contribution in [-0.2, 0) is 6.18 Å². The molecule has 18 heavy (non-hydrogen) atoms. The van der Waals surface area contributed by atoms with Crippen molar-refractivity contribution in [3.05, 3.63) is 23.5 Å². The van der Waals surface area contributed by atoms with E-state index in [-0.39, 0.29) is 11.4 Å². The second-order valence-corrected chi connectivity index (χ2v) is 3.52. The van der Waals surface area contributed by atoms with E-state index in [0.29, 0.717) is 19.2 Å². The molecule has 0 spiro atoms. The summed E-state index contributed by atoms with van der Waals surface area (Å²) in [5.41, 5.74) is 0.753. The lowest BCUT2D eigenvalue weighted by molar-refractivity contribution is -0.137. The van der Waals surface area contributed by atoms with Crippen LogP contribution in [0.2, 0.25) is 0 Å². The summed E-state index contributed by atoms with van der Waals surface area (Å²) in [5, 5.41) is 2.71. The Hall–Kier alpha value is -1.83. The highest BCUT2D eigenvalue weighted by atomic mass is 19.4. The monoisotopic (exact) mass is 262 g/mol. The molecule has 0 saturated carbocycles. The number of hydrogen-bond acceptors (Lipinski definition) is 4. The number of nitrogens with zero attached hydrogens (tertiary/aromatic N) is 1. The highest BCUT2D eigenvalue weighted by molar-refractivity contribution is 5.97. The molecule has 100 valence electrons. The number of hydrazine groups is 1. The number of anilines is 1. The number of hydrogen-bond donors (Lipinski definition) is 3. The van der Waals surface area contributed by atoms with E-state index in [9.17, 15) is 18.0 Å². The molecule has 0 atom stereocenters. The van der Waals surface area contributed by atoms with Gasteiger partial charge in [-0.2, -0.15) is 13.2 Å². The number of carbonyl (C=O) groups excluding carboxylic acids is 1. The second kappa shape index (κ2) is 5.67. The first kappa shape index (κ1) is 14.2. The van der Waals surface area contributed by atoms with Gasteiger partial charge in [0, 0.05) is 12.7 Å². The van der Waals surface area contributed by atoms with Gasteiger partial charge in [-0.3, -0.25) is 10.2 Å². The van der Waals surface area contributed by atoms with Crippen LogP contribution in [0.5, 0.6) is 0 Å². The van der Waals surface area contributed by atoms with Crippen LogP contribution in [0.4, 0.5) is 18.9 Å². The van der Waals surface area contributed by atoms with E-state index in [1.54, 1.807) is 0 Å². The SMILES string of the molecule is CCCNc1cc(C(F)(F)F)cnc1C(=O)NN. The molecule has 1 aromatic rings. The molecule has 0 aromatic carbocycles. The molecule has 0 bridgehead atoms. The summed E-state index contributed by atoms with van der Waals surface area (Å²) >= 11 is 0. The fourth-order valence-corrected chi connectivity index (χ4v) is 1.26. The van der Waals surface area contributed by atoms with Gasteiger partial charge in [-0.05, 0) is 12.5 Å². The minimum absolute atomic E-state index is 0.00891. The summed E-state index contributed by atoms with van der Waals surface area (Å²) in [4.78, 5) is 14.8. The van der Waals surface area contributed by atoms with Gasteiger partial charge in [0.25, 0.3) is 5.91 Å². The van der Waals surface area contributed by atoms with Gasteiger partial charge in [-0.15, -0.1) is 0 Å². The molecule has 0 saturated heterocycles. The highest BCUT2D eigenvalue weighted by Gasteiger charge is 2.32. The number of amides is 1.